The maximum atomic E-state index is 10.7. The van der Waals surface area contributed by atoms with Crippen LogP contribution in [-0.2, 0) is 5.60 Å². The summed E-state index contributed by atoms with van der Waals surface area (Å²) in [6, 6.07) is 13.4. The molecule has 1 atom stereocenters. The van der Waals surface area contributed by atoms with E-state index < -0.39 is 5.60 Å². The summed E-state index contributed by atoms with van der Waals surface area (Å²) in [7, 11) is 0. The van der Waals surface area contributed by atoms with Gasteiger partial charge in [-0.1, -0.05) is 24.3 Å². The Hall–Kier alpha value is -2.26. The van der Waals surface area contributed by atoms with E-state index in [2.05, 4.69) is 9.97 Å². The first-order valence-corrected chi connectivity index (χ1v) is 6.16. The van der Waals surface area contributed by atoms with E-state index >= 15 is 0 Å². The summed E-state index contributed by atoms with van der Waals surface area (Å²) in [4.78, 5) is 8.39. The number of nitrogens with zero attached hydrogens (tertiary/aromatic N) is 2. The summed E-state index contributed by atoms with van der Waals surface area (Å²) in [5.41, 5.74) is 1.39. The molecule has 3 rings (SSSR count). The summed E-state index contributed by atoms with van der Waals surface area (Å²) in [5, 5.41) is 11.8. The van der Waals surface area contributed by atoms with Crippen LogP contribution in [0.2, 0.25) is 0 Å². The molecular formula is C16H14N2O. The molecule has 1 N–H and O–H groups in total. The van der Waals surface area contributed by atoms with Gasteiger partial charge in [-0.05, 0) is 30.7 Å². The van der Waals surface area contributed by atoms with E-state index in [-0.39, 0.29) is 0 Å². The second-order valence-corrected chi connectivity index (χ2v) is 4.72. The van der Waals surface area contributed by atoms with Crippen molar-refractivity contribution in [3.8, 4) is 0 Å². The highest BCUT2D eigenvalue weighted by atomic mass is 16.3. The maximum absolute atomic E-state index is 10.7. The van der Waals surface area contributed by atoms with Crippen LogP contribution < -0.4 is 0 Å². The SMILES string of the molecule is CC(O)(c1cccnc1)c1ccc2cccnc2c1. The molecule has 0 saturated carbocycles. The first-order chi connectivity index (χ1) is 9.18. The van der Waals surface area contributed by atoms with Crippen LogP contribution in [0.3, 0.4) is 0 Å². The normalized spacial score (nSPS) is 14.2. The quantitative estimate of drug-likeness (QED) is 0.760. The van der Waals surface area contributed by atoms with Gasteiger partial charge in [-0.2, -0.15) is 0 Å². The molecule has 1 unspecified atom stereocenters. The molecule has 0 saturated heterocycles. The van der Waals surface area contributed by atoms with Gasteiger partial charge in [-0.3, -0.25) is 9.97 Å². The largest absolute Gasteiger partial charge is 0.381 e. The summed E-state index contributed by atoms with van der Waals surface area (Å²) < 4.78 is 0. The Bertz CT molecular complexity index is 708. The summed E-state index contributed by atoms with van der Waals surface area (Å²) >= 11 is 0. The van der Waals surface area contributed by atoms with Gasteiger partial charge < -0.3 is 5.11 Å². The number of hydrogen-bond acceptors (Lipinski definition) is 3. The fraction of sp³-hybridized carbons (Fsp3) is 0.125. The molecule has 0 spiro atoms. The number of fused-ring (bicyclic) bond motifs is 1. The summed E-state index contributed by atoms with van der Waals surface area (Å²) in [5.74, 6) is 0. The minimum atomic E-state index is -1.07. The molecule has 0 bridgehead atoms. The van der Waals surface area contributed by atoms with E-state index in [9.17, 15) is 5.11 Å². The van der Waals surface area contributed by atoms with Crippen LogP contribution in [-0.4, -0.2) is 15.1 Å². The van der Waals surface area contributed by atoms with Crippen molar-refractivity contribution in [1.29, 1.82) is 0 Å². The van der Waals surface area contributed by atoms with Gasteiger partial charge in [0.05, 0.1) is 5.52 Å². The zero-order valence-electron chi connectivity index (χ0n) is 10.6. The van der Waals surface area contributed by atoms with E-state index in [0.717, 1.165) is 22.0 Å². The van der Waals surface area contributed by atoms with Crippen molar-refractivity contribution < 1.29 is 5.11 Å². The molecule has 0 aliphatic heterocycles. The fourth-order valence-electron chi connectivity index (χ4n) is 2.19. The number of aromatic nitrogens is 2. The molecule has 0 radical (unpaired) electrons. The van der Waals surface area contributed by atoms with Gasteiger partial charge in [-0.25, -0.2) is 0 Å². The van der Waals surface area contributed by atoms with Crippen molar-refractivity contribution in [2.45, 2.75) is 12.5 Å². The molecule has 0 aliphatic rings. The van der Waals surface area contributed by atoms with Gasteiger partial charge in [0.15, 0.2) is 0 Å². The average molecular weight is 250 g/mol. The lowest BCUT2D eigenvalue weighted by Gasteiger charge is -2.24. The highest BCUT2D eigenvalue weighted by molar-refractivity contribution is 5.79. The highest BCUT2D eigenvalue weighted by Gasteiger charge is 2.25. The molecule has 2 heterocycles. The molecule has 1 aromatic carbocycles. The van der Waals surface area contributed by atoms with Gasteiger partial charge in [0.25, 0.3) is 0 Å². The number of benzene rings is 1. The molecule has 0 amide bonds. The summed E-state index contributed by atoms with van der Waals surface area (Å²) in [6.45, 7) is 1.77. The predicted octanol–water partition coefficient (Wildman–Crippen LogP) is 2.89. The van der Waals surface area contributed by atoms with Crippen molar-refractivity contribution in [3.05, 3.63) is 72.2 Å². The molecule has 94 valence electrons. The second kappa shape index (κ2) is 4.44. The van der Waals surface area contributed by atoms with E-state index in [1.807, 2.05) is 42.5 Å². The lowest BCUT2D eigenvalue weighted by atomic mass is 9.89. The Morgan fingerprint density at radius 1 is 1.00 bits per heavy atom. The number of aliphatic hydroxyl groups is 1. The molecule has 3 aromatic rings. The second-order valence-electron chi connectivity index (χ2n) is 4.72. The molecule has 3 nitrogen and oxygen atoms in total. The van der Waals surface area contributed by atoms with Crippen molar-refractivity contribution in [3.63, 3.8) is 0 Å². The van der Waals surface area contributed by atoms with Crippen LogP contribution in [0.15, 0.2) is 61.1 Å². The molecular weight excluding hydrogens is 236 g/mol. The van der Waals surface area contributed by atoms with Gasteiger partial charge >= 0.3 is 0 Å². The van der Waals surface area contributed by atoms with Crippen molar-refractivity contribution in [1.82, 2.24) is 9.97 Å². The number of pyridine rings is 2. The Morgan fingerprint density at radius 3 is 2.63 bits per heavy atom. The zero-order chi connectivity index (χ0) is 13.3. The first kappa shape index (κ1) is 11.8. The predicted molar refractivity (Wildman–Crippen MR) is 74.7 cm³/mol. The van der Waals surface area contributed by atoms with Gasteiger partial charge in [-0.15, -0.1) is 0 Å². The van der Waals surface area contributed by atoms with Crippen molar-refractivity contribution in [2.75, 3.05) is 0 Å². The Kier molecular flexibility index (Phi) is 2.76. The molecule has 2 aromatic heterocycles. The highest BCUT2D eigenvalue weighted by Crippen LogP contribution is 2.30. The minimum absolute atomic E-state index is 0.769. The average Bonchev–Trinajstić information content (AvgIpc) is 2.47. The minimum Gasteiger partial charge on any atom is -0.381 e. The lowest BCUT2D eigenvalue weighted by molar-refractivity contribution is 0.102. The van der Waals surface area contributed by atoms with Crippen LogP contribution in [0.1, 0.15) is 18.1 Å². The van der Waals surface area contributed by atoms with Crippen molar-refractivity contribution >= 4 is 10.9 Å². The fourth-order valence-corrected chi connectivity index (χ4v) is 2.19. The molecule has 0 fully saturated rings. The molecule has 3 heteroatoms. The van der Waals surface area contributed by atoms with Gasteiger partial charge in [0, 0.05) is 29.5 Å². The van der Waals surface area contributed by atoms with E-state index in [4.69, 9.17) is 0 Å². The maximum Gasteiger partial charge on any atom is 0.113 e. The molecule has 0 aliphatic carbocycles. The van der Waals surface area contributed by atoms with Gasteiger partial charge in [0.1, 0.15) is 5.60 Å². The third-order valence-corrected chi connectivity index (χ3v) is 3.39. The Morgan fingerprint density at radius 2 is 1.84 bits per heavy atom. The Labute approximate surface area is 111 Å². The lowest BCUT2D eigenvalue weighted by Crippen LogP contribution is -2.22. The van der Waals surface area contributed by atoms with E-state index in [0.29, 0.717) is 0 Å². The van der Waals surface area contributed by atoms with E-state index in [1.54, 1.807) is 25.5 Å². The standard InChI is InChI=1S/C16H14N2O/c1-16(19,14-5-3-8-17-11-14)13-7-6-12-4-2-9-18-15(12)10-13/h2-11,19H,1H3. The van der Waals surface area contributed by atoms with Crippen LogP contribution in [0.25, 0.3) is 10.9 Å². The zero-order valence-corrected chi connectivity index (χ0v) is 10.6. The summed E-state index contributed by atoms with van der Waals surface area (Å²) in [6.07, 6.45) is 5.13. The first-order valence-electron chi connectivity index (χ1n) is 6.16. The third kappa shape index (κ3) is 2.09. The van der Waals surface area contributed by atoms with Crippen LogP contribution in [0.5, 0.6) is 0 Å². The Balaban J connectivity index is 2.13. The van der Waals surface area contributed by atoms with Crippen LogP contribution >= 0.6 is 0 Å². The smallest absolute Gasteiger partial charge is 0.113 e. The molecule has 19 heavy (non-hydrogen) atoms. The third-order valence-electron chi connectivity index (χ3n) is 3.39. The van der Waals surface area contributed by atoms with E-state index in [1.165, 1.54) is 0 Å². The number of rotatable bonds is 2. The van der Waals surface area contributed by atoms with Gasteiger partial charge in [0.2, 0.25) is 0 Å². The topological polar surface area (TPSA) is 46.0 Å². The number of hydrogen-bond donors (Lipinski definition) is 1. The monoisotopic (exact) mass is 250 g/mol. The van der Waals surface area contributed by atoms with Crippen molar-refractivity contribution in [2.24, 2.45) is 0 Å². The van der Waals surface area contributed by atoms with Crippen LogP contribution in [0, 0.1) is 0 Å². The van der Waals surface area contributed by atoms with Crippen LogP contribution in [0.4, 0.5) is 0 Å².